The summed E-state index contributed by atoms with van der Waals surface area (Å²) in [7, 11) is 0. The summed E-state index contributed by atoms with van der Waals surface area (Å²) in [5.41, 5.74) is 6.01. The molecule has 6 aromatic rings. The molecular formula is C42H49IrN2O4S-. The van der Waals surface area contributed by atoms with E-state index >= 15 is 0 Å². The zero-order valence-electron chi connectivity index (χ0n) is 30.7. The second kappa shape index (κ2) is 16.6. The molecule has 0 saturated carbocycles. The van der Waals surface area contributed by atoms with Crippen molar-refractivity contribution >= 4 is 50.2 Å². The number of hydrogen-bond donors (Lipinski definition) is 1. The largest absolute Gasteiger partial charge is 0.512 e. The molecular weight excluding hydrogens is 821 g/mol. The fourth-order valence-electron chi connectivity index (χ4n) is 6.31. The smallest absolute Gasteiger partial charge is 0.215 e. The van der Waals surface area contributed by atoms with Crippen LogP contribution in [0.3, 0.4) is 0 Å². The van der Waals surface area contributed by atoms with Gasteiger partial charge in [-0.3, -0.25) is 4.79 Å². The second-order valence-electron chi connectivity index (χ2n) is 14.1. The zero-order valence-corrected chi connectivity index (χ0v) is 33.9. The standard InChI is InChI=1S/C29H25N2O2S.C13H24O2.Ir/c1-16-6-8-20-26-22-12-17(2)32-27(22)21(14-24(26)33-28(20)31-16)23-13-18(10-11-30-23)25-9-7-19(34-25)15-29(3,4)5;1-5-10(6-2)12(14)9-13(15)11(7-3)8-4;/h6-13H,15H2,1-5H3;9-11,14H,5-8H2,1-4H3;/q-1;;/b;12-9-;. The number of fused-ring (bicyclic) bond motifs is 5. The molecule has 0 aliphatic heterocycles. The quantitative estimate of drug-likeness (QED) is 0.0838. The number of rotatable bonds is 10. The van der Waals surface area contributed by atoms with Gasteiger partial charge in [0.05, 0.1) is 22.7 Å². The van der Waals surface area contributed by atoms with Gasteiger partial charge in [-0.1, -0.05) is 77.6 Å². The summed E-state index contributed by atoms with van der Waals surface area (Å²) in [6, 6.07) is 18.2. The number of thiophene rings is 1. The van der Waals surface area contributed by atoms with E-state index in [0.717, 1.165) is 82.1 Å². The topological polar surface area (TPSA) is 89.4 Å². The van der Waals surface area contributed by atoms with Gasteiger partial charge in [-0.25, -0.2) is 4.98 Å². The number of carbonyl (C=O) groups is 1. The van der Waals surface area contributed by atoms with Gasteiger partial charge in [0.25, 0.3) is 0 Å². The third-order valence-electron chi connectivity index (χ3n) is 9.03. The van der Waals surface area contributed by atoms with Gasteiger partial charge >= 0.3 is 0 Å². The van der Waals surface area contributed by atoms with Gasteiger partial charge in [0.2, 0.25) is 5.71 Å². The first-order chi connectivity index (χ1) is 23.3. The van der Waals surface area contributed by atoms with Gasteiger partial charge < -0.3 is 18.9 Å². The van der Waals surface area contributed by atoms with Crippen molar-refractivity contribution < 1.29 is 38.8 Å². The second-order valence-corrected chi connectivity index (χ2v) is 15.3. The SMILES string of the molecule is CCC(CC)C(=O)/C=C(\O)C(CC)CC.Cc1ccc2c(n1)oc1[c-]c(-c3cc(-c4ccc(CC(C)(C)C)s4)ccn3)c3oc(C)cc3c12.[Ir]. The maximum absolute atomic E-state index is 11.7. The van der Waals surface area contributed by atoms with Crippen LogP contribution >= 0.6 is 11.3 Å². The molecule has 0 spiro atoms. The molecule has 6 nitrogen and oxygen atoms in total. The van der Waals surface area contributed by atoms with Crippen molar-refractivity contribution in [1.82, 2.24) is 9.97 Å². The summed E-state index contributed by atoms with van der Waals surface area (Å²) >= 11 is 1.84. The van der Waals surface area contributed by atoms with Crippen LogP contribution in [0.4, 0.5) is 0 Å². The van der Waals surface area contributed by atoms with E-state index in [1.165, 1.54) is 15.8 Å². The van der Waals surface area contributed by atoms with Crippen molar-refractivity contribution in [3.8, 4) is 21.7 Å². The van der Waals surface area contributed by atoms with Crippen LogP contribution in [0.5, 0.6) is 0 Å². The Hall–Kier alpha value is -3.58. The third kappa shape index (κ3) is 8.82. The number of aromatic nitrogens is 2. The van der Waals surface area contributed by atoms with E-state index in [-0.39, 0.29) is 48.9 Å². The number of aliphatic hydroxyl groups is 1. The fraction of sp³-hybridized carbons (Fsp3) is 0.405. The molecule has 50 heavy (non-hydrogen) atoms. The Bertz CT molecular complexity index is 2110. The fourth-order valence-corrected chi connectivity index (χ4v) is 7.62. The number of hydrogen-bond acceptors (Lipinski definition) is 7. The number of ketones is 1. The van der Waals surface area contributed by atoms with Crippen molar-refractivity contribution in [2.45, 2.75) is 94.4 Å². The van der Waals surface area contributed by atoms with Crippen molar-refractivity contribution in [3.63, 3.8) is 0 Å². The van der Waals surface area contributed by atoms with E-state index in [0.29, 0.717) is 11.3 Å². The molecule has 0 aliphatic rings. The zero-order chi connectivity index (χ0) is 35.5. The molecule has 0 atom stereocenters. The normalized spacial score (nSPS) is 12.2. The molecule has 0 saturated heterocycles. The number of pyridine rings is 2. The van der Waals surface area contributed by atoms with E-state index in [9.17, 15) is 9.90 Å². The maximum atomic E-state index is 11.7. The Morgan fingerprint density at radius 1 is 0.940 bits per heavy atom. The Balaban J connectivity index is 0.000000301. The van der Waals surface area contributed by atoms with Crippen LogP contribution in [0.15, 0.2) is 69.3 Å². The van der Waals surface area contributed by atoms with Crippen molar-refractivity contribution in [1.29, 1.82) is 0 Å². The summed E-state index contributed by atoms with van der Waals surface area (Å²) in [6.45, 7) is 18.8. The minimum atomic E-state index is 0. The van der Waals surface area contributed by atoms with Gasteiger partial charge in [0.15, 0.2) is 5.78 Å². The van der Waals surface area contributed by atoms with E-state index in [2.05, 4.69) is 68.2 Å². The van der Waals surface area contributed by atoms with Crippen LogP contribution in [-0.4, -0.2) is 20.9 Å². The van der Waals surface area contributed by atoms with Crippen LogP contribution in [0.2, 0.25) is 0 Å². The Morgan fingerprint density at radius 2 is 1.64 bits per heavy atom. The first-order valence-corrected chi connectivity index (χ1v) is 18.3. The Morgan fingerprint density at radius 3 is 2.30 bits per heavy atom. The van der Waals surface area contributed by atoms with E-state index in [1.54, 1.807) is 0 Å². The molecule has 8 heteroatoms. The summed E-state index contributed by atoms with van der Waals surface area (Å²) in [5, 5.41) is 12.7. The summed E-state index contributed by atoms with van der Waals surface area (Å²) in [5.74, 6) is 1.39. The minimum Gasteiger partial charge on any atom is -0.512 e. The van der Waals surface area contributed by atoms with Crippen molar-refractivity contribution in [3.05, 3.63) is 82.9 Å². The number of benzene rings is 1. The van der Waals surface area contributed by atoms with Crippen LogP contribution in [0, 0.1) is 37.2 Å². The molecule has 6 rings (SSSR count). The molecule has 0 aliphatic carbocycles. The average Bonchev–Trinajstić information content (AvgIpc) is 3.77. The predicted molar refractivity (Wildman–Crippen MR) is 203 cm³/mol. The van der Waals surface area contributed by atoms with Crippen LogP contribution in [0.25, 0.3) is 54.7 Å². The first-order valence-electron chi connectivity index (χ1n) is 17.5. The number of furan rings is 2. The third-order valence-corrected chi connectivity index (χ3v) is 10.2. The molecule has 1 radical (unpaired) electrons. The maximum Gasteiger partial charge on any atom is 0.215 e. The predicted octanol–water partition coefficient (Wildman–Crippen LogP) is 12.4. The van der Waals surface area contributed by atoms with Crippen LogP contribution in [0.1, 0.15) is 90.5 Å². The average molecular weight is 870 g/mol. The van der Waals surface area contributed by atoms with Gasteiger partial charge in [0, 0.05) is 65.0 Å². The van der Waals surface area contributed by atoms with Crippen molar-refractivity contribution in [2.24, 2.45) is 17.3 Å². The van der Waals surface area contributed by atoms with Crippen LogP contribution < -0.4 is 0 Å². The van der Waals surface area contributed by atoms with E-state index in [1.807, 2.05) is 65.1 Å². The summed E-state index contributed by atoms with van der Waals surface area (Å²) < 4.78 is 12.3. The van der Waals surface area contributed by atoms with Gasteiger partial charge in [-0.2, -0.15) is 0 Å². The van der Waals surface area contributed by atoms with Gasteiger partial charge in [0.1, 0.15) is 0 Å². The summed E-state index contributed by atoms with van der Waals surface area (Å²) in [4.78, 5) is 23.6. The molecule has 267 valence electrons. The molecule has 1 N–H and O–H groups in total. The Kier molecular flexibility index (Phi) is 13.0. The van der Waals surface area contributed by atoms with E-state index < -0.39 is 0 Å². The van der Waals surface area contributed by atoms with Gasteiger partial charge in [-0.05, 0) is 98.3 Å². The molecule has 0 amide bonds. The number of aryl methyl sites for hydroxylation is 2. The monoisotopic (exact) mass is 870 g/mol. The van der Waals surface area contributed by atoms with Crippen molar-refractivity contribution in [2.75, 3.05) is 0 Å². The number of allylic oxidation sites excluding steroid dienone is 2. The van der Waals surface area contributed by atoms with Gasteiger partial charge in [-0.15, -0.1) is 11.3 Å². The molecule has 0 bridgehead atoms. The van der Waals surface area contributed by atoms with Crippen LogP contribution in [-0.2, 0) is 31.3 Å². The minimum absolute atomic E-state index is 0. The Labute approximate surface area is 313 Å². The van der Waals surface area contributed by atoms with E-state index in [4.69, 9.17) is 13.8 Å². The molecule has 1 aromatic carbocycles. The molecule has 5 heterocycles. The number of carbonyl (C=O) groups excluding carboxylic acids is 1. The number of aliphatic hydroxyl groups excluding tert-OH is 1. The molecule has 5 aromatic heterocycles. The molecule has 0 unspecified atom stereocenters. The summed E-state index contributed by atoms with van der Waals surface area (Å²) in [6.07, 6.45) is 7.83. The first kappa shape index (κ1) is 39.2. The number of nitrogens with zero attached hydrogens (tertiary/aromatic N) is 2. The molecule has 0 fully saturated rings.